The van der Waals surface area contributed by atoms with E-state index in [0.717, 1.165) is 0 Å². The zero-order valence-corrected chi connectivity index (χ0v) is 7.60. The summed E-state index contributed by atoms with van der Waals surface area (Å²) in [7, 11) is 0. The van der Waals surface area contributed by atoms with Gasteiger partial charge in [-0.2, -0.15) is 0 Å². The number of aromatic nitrogens is 1. The van der Waals surface area contributed by atoms with Crippen molar-refractivity contribution in [2.24, 2.45) is 5.73 Å². The van der Waals surface area contributed by atoms with Crippen LogP contribution in [0.2, 0.25) is 0 Å². The van der Waals surface area contributed by atoms with E-state index < -0.39 is 12.0 Å². The van der Waals surface area contributed by atoms with Gasteiger partial charge in [0.15, 0.2) is 5.78 Å². The second-order valence-electron chi connectivity index (χ2n) is 2.84. The first-order valence-corrected chi connectivity index (χ1v) is 3.97. The number of carbonyl (C=O) groups excluding carboxylic acids is 1. The molecule has 1 rings (SSSR count). The van der Waals surface area contributed by atoms with E-state index in [1.165, 1.54) is 25.3 Å². The minimum Gasteiger partial charge on any atom is -0.480 e. The van der Waals surface area contributed by atoms with E-state index in [0.29, 0.717) is 5.56 Å². The van der Waals surface area contributed by atoms with Crippen molar-refractivity contribution in [3.8, 4) is 0 Å². The number of carboxylic acid groups (broad SMARTS) is 1. The second kappa shape index (κ2) is 3.97. The molecule has 3 N–H and O–H groups in total. The molecule has 1 heterocycles. The SMILES string of the molecule is CC(=O)c1ccc(C(N)C(=O)O)nc1. The van der Waals surface area contributed by atoms with Crippen molar-refractivity contribution in [1.29, 1.82) is 0 Å². The largest absolute Gasteiger partial charge is 0.480 e. The van der Waals surface area contributed by atoms with Crippen LogP contribution in [0.15, 0.2) is 18.3 Å². The standard InChI is InChI=1S/C9H10N2O3/c1-5(12)6-2-3-7(11-4-6)8(10)9(13)14/h2-4,8H,10H2,1H3,(H,13,14). The minimum atomic E-state index is -1.15. The fraction of sp³-hybridized carbons (Fsp3) is 0.222. The highest BCUT2D eigenvalue weighted by molar-refractivity contribution is 5.93. The van der Waals surface area contributed by atoms with Crippen LogP contribution < -0.4 is 5.73 Å². The molecule has 0 aliphatic rings. The lowest BCUT2D eigenvalue weighted by molar-refractivity contribution is -0.138. The summed E-state index contributed by atoms with van der Waals surface area (Å²) in [6, 6.07) is 1.80. The van der Waals surface area contributed by atoms with E-state index in [9.17, 15) is 9.59 Å². The van der Waals surface area contributed by atoms with Gasteiger partial charge < -0.3 is 10.8 Å². The van der Waals surface area contributed by atoms with Crippen LogP contribution in [0.25, 0.3) is 0 Å². The highest BCUT2D eigenvalue weighted by Crippen LogP contribution is 2.08. The van der Waals surface area contributed by atoms with Gasteiger partial charge in [-0.25, -0.2) is 0 Å². The number of aliphatic carboxylic acids is 1. The molecule has 0 aliphatic heterocycles. The van der Waals surface area contributed by atoms with Crippen LogP contribution in [-0.2, 0) is 4.79 Å². The summed E-state index contributed by atoms with van der Waals surface area (Å²) in [5.74, 6) is -1.26. The second-order valence-corrected chi connectivity index (χ2v) is 2.84. The first-order chi connectivity index (χ1) is 6.52. The van der Waals surface area contributed by atoms with Crippen molar-refractivity contribution in [1.82, 2.24) is 4.98 Å². The van der Waals surface area contributed by atoms with Crippen LogP contribution in [0.4, 0.5) is 0 Å². The molecule has 0 aromatic carbocycles. The Bertz CT molecular complexity index is 359. The molecule has 74 valence electrons. The number of hydrogen-bond donors (Lipinski definition) is 2. The first kappa shape index (κ1) is 10.3. The number of hydrogen-bond acceptors (Lipinski definition) is 4. The molecule has 1 aromatic heterocycles. The average Bonchev–Trinajstić information content (AvgIpc) is 2.16. The summed E-state index contributed by atoms with van der Waals surface area (Å²) in [5.41, 5.74) is 5.99. The number of carbonyl (C=O) groups is 2. The van der Waals surface area contributed by atoms with Crippen molar-refractivity contribution in [3.63, 3.8) is 0 Å². The Hall–Kier alpha value is -1.75. The average molecular weight is 194 g/mol. The van der Waals surface area contributed by atoms with Crippen molar-refractivity contribution < 1.29 is 14.7 Å². The molecule has 0 amide bonds. The summed E-state index contributed by atoms with van der Waals surface area (Å²) in [6.07, 6.45) is 1.32. The maximum atomic E-state index is 10.9. The Morgan fingerprint density at radius 2 is 2.14 bits per heavy atom. The molecule has 5 heteroatoms. The molecule has 0 spiro atoms. The molecule has 0 bridgehead atoms. The third-order valence-corrected chi connectivity index (χ3v) is 1.78. The molecule has 0 saturated heterocycles. The Kier molecular flexibility index (Phi) is 2.93. The van der Waals surface area contributed by atoms with Gasteiger partial charge in [0.05, 0.1) is 5.69 Å². The van der Waals surface area contributed by atoms with Crippen LogP contribution in [-0.4, -0.2) is 21.8 Å². The molecule has 5 nitrogen and oxygen atoms in total. The summed E-state index contributed by atoms with van der Waals surface area (Å²) in [4.78, 5) is 25.2. The third kappa shape index (κ3) is 2.14. The molecule has 0 fully saturated rings. The van der Waals surface area contributed by atoms with Gasteiger partial charge in [0.1, 0.15) is 6.04 Å². The van der Waals surface area contributed by atoms with Gasteiger partial charge in [0.25, 0.3) is 0 Å². The normalized spacial score (nSPS) is 12.1. The number of nitrogens with zero attached hydrogens (tertiary/aromatic N) is 1. The Morgan fingerprint density at radius 1 is 1.50 bits per heavy atom. The number of Topliss-reactive ketones (excluding diaryl/α,β-unsaturated/α-hetero) is 1. The van der Waals surface area contributed by atoms with Crippen molar-refractivity contribution in [2.75, 3.05) is 0 Å². The number of rotatable bonds is 3. The number of pyridine rings is 1. The van der Waals surface area contributed by atoms with Gasteiger partial charge in [0, 0.05) is 11.8 Å². The Balaban J connectivity index is 2.94. The van der Waals surface area contributed by atoms with Gasteiger partial charge in [-0.1, -0.05) is 0 Å². The van der Waals surface area contributed by atoms with Gasteiger partial charge in [-0.05, 0) is 19.1 Å². The third-order valence-electron chi connectivity index (χ3n) is 1.78. The predicted octanol–water partition coefficient (Wildman–Crippen LogP) is 0.369. The van der Waals surface area contributed by atoms with Gasteiger partial charge in [0.2, 0.25) is 0 Å². The molecule has 1 atom stereocenters. The highest BCUT2D eigenvalue weighted by atomic mass is 16.4. The van der Waals surface area contributed by atoms with E-state index in [4.69, 9.17) is 10.8 Å². The van der Waals surface area contributed by atoms with Gasteiger partial charge in [-0.3, -0.25) is 14.6 Å². The van der Waals surface area contributed by atoms with Crippen LogP contribution in [0.5, 0.6) is 0 Å². The molecule has 1 unspecified atom stereocenters. The van der Waals surface area contributed by atoms with Crippen LogP contribution in [0, 0.1) is 0 Å². The van der Waals surface area contributed by atoms with E-state index >= 15 is 0 Å². The molecule has 0 radical (unpaired) electrons. The highest BCUT2D eigenvalue weighted by Gasteiger charge is 2.15. The monoisotopic (exact) mass is 194 g/mol. The number of carboxylic acids is 1. The van der Waals surface area contributed by atoms with E-state index in [1.807, 2.05) is 0 Å². The van der Waals surface area contributed by atoms with Crippen molar-refractivity contribution >= 4 is 11.8 Å². The zero-order valence-electron chi connectivity index (χ0n) is 7.60. The van der Waals surface area contributed by atoms with Crippen molar-refractivity contribution in [2.45, 2.75) is 13.0 Å². The number of nitrogens with two attached hydrogens (primary N) is 1. The van der Waals surface area contributed by atoms with E-state index in [2.05, 4.69) is 4.98 Å². The molecule has 0 saturated carbocycles. The Morgan fingerprint density at radius 3 is 2.50 bits per heavy atom. The topological polar surface area (TPSA) is 93.3 Å². The maximum Gasteiger partial charge on any atom is 0.326 e. The van der Waals surface area contributed by atoms with Crippen LogP contribution >= 0.6 is 0 Å². The predicted molar refractivity (Wildman–Crippen MR) is 48.8 cm³/mol. The summed E-state index contributed by atoms with van der Waals surface area (Å²) in [5, 5.41) is 8.58. The fourth-order valence-electron chi connectivity index (χ4n) is 0.924. The van der Waals surface area contributed by atoms with Crippen LogP contribution in [0.3, 0.4) is 0 Å². The quantitative estimate of drug-likeness (QED) is 0.678. The molecule has 0 aliphatic carbocycles. The summed E-state index contributed by atoms with van der Waals surface area (Å²) >= 11 is 0. The molecular weight excluding hydrogens is 184 g/mol. The maximum absolute atomic E-state index is 10.9. The van der Waals surface area contributed by atoms with Gasteiger partial charge >= 0.3 is 5.97 Å². The van der Waals surface area contributed by atoms with Crippen molar-refractivity contribution in [3.05, 3.63) is 29.6 Å². The molecule has 14 heavy (non-hydrogen) atoms. The molecular formula is C9H10N2O3. The van der Waals surface area contributed by atoms with Gasteiger partial charge in [-0.15, -0.1) is 0 Å². The fourth-order valence-corrected chi connectivity index (χ4v) is 0.924. The summed E-state index contributed by atoms with van der Waals surface area (Å²) in [6.45, 7) is 1.41. The van der Waals surface area contributed by atoms with E-state index in [-0.39, 0.29) is 11.5 Å². The Labute approximate surface area is 80.6 Å². The lowest BCUT2D eigenvalue weighted by Gasteiger charge is -2.05. The lowest BCUT2D eigenvalue weighted by Crippen LogP contribution is -2.21. The van der Waals surface area contributed by atoms with E-state index in [1.54, 1.807) is 0 Å². The lowest BCUT2D eigenvalue weighted by atomic mass is 10.1. The minimum absolute atomic E-state index is 0.118. The smallest absolute Gasteiger partial charge is 0.326 e. The zero-order chi connectivity index (χ0) is 10.7. The molecule has 1 aromatic rings. The van der Waals surface area contributed by atoms with Crippen LogP contribution in [0.1, 0.15) is 29.0 Å². The first-order valence-electron chi connectivity index (χ1n) is 3.97. The summed E-state index contributed by atoms with van der Waals surface area (Å²) < 4.78 is 0. The number of ketones is 1.